The van der Waals surface area contributed by atoms with Gasteiger partial charge in [-0.1, -0.05) is 39.1 Å². The normalized spacial score (nSPS) is 23.2. The van der Waals surface area contributed by atoms with Gasteiger partial charge >= 0.3 is 0 Å². The summed E-state index contributed by atoms with van der Waals surface area (Å²) in [5.74, 6) is 0.165. The monoisotopic (exact) mass is 401 g/mol. The summed E-state index contributed by atoms with van der Waals surface area (Å²) >= 11 is 15.2. The Labute approximate surface area is 137 Å². The fourth-order valence-electron chi connectivity index (χ4n) is 2.12. The molecular formula is C12H14BrCl2NO3S. The highest BCUT2D eigenvalue weighted by Gasteiger charge is 2.28. The van der Waals surface area contributed by atoms with Crippen LogP contribution in [0.15, 0.2) is 21.5 Å². The summed E-state index contributed by atoms with van der Waals surface area (Å²) in [6.45, 7) is 2.91. The Morgan fingerprint density at radius 2 is 2.00 bits per heavy atom. The maximum absolute atomic E-state index is 12.3. The first kappa shape index (κ1) is 16.5. The second kappa shape index (κ2) is 6.50. The molecule has 1 aromatic carbocycles. The van der Waals surface area contributed by atoms with Crippen LogP contribution in [0.3, 0.4) is 0 Å². The lowest BCUT2D eigenvalue weighted by molar-refractivity contribution is 0.107. The molecule has 2 rings (SSSR count). The van der Waals surface area contributed by atoms with Crippen molar-refractivity contribution in [2.24, 2.45) is 5.92 Å². The molecule has 0 radical (unpaired) electrons. The molecule has 112 valence electrons. The fraction of sp³-hybridized carbons (Fsp3) is 0.500. The number of hydrogen-bond donors (Lipinski definition) is 1. The molecule has 0 aliphatic carbocycles. The van der Waals surface area contributed by atoms with E-state index in [2.05, 4.69) is 20.7 Å². The first-order valence-electron chi connectivity index (χ1n) is 6.07. The Morgan fingerprint density at radius 3 is 2.50 bits per heavy atom. The van der Waals surface area contributed by atoms with E-state index in [4.69, 9.17) is 27.9 Å². The van der Waals surface area contributed by atoms with Crippen molar-refractivity contribution in [1.82, 2.24) is 4.72 Å². The zero-order valence-corrected chi connectivity index (χ0v) is 14.6. The van der Waals surface area contributed by atoms with Gasteiger partial charge in [0.15, 0.2) is 0 Å². The molecule has 0 saturated carbocycles. The average molecular weight is 403 g/mol. The van der Waals surface area contributed by atoms with E-state index in [0.29, 0.717) is 17.6 Å². The summed E-state index contributed by atoms with van der Waals surface area (Å²) in [4.78, 5) is -0.0874. The molecule has 1 heterocycles. The van der Waals surface area contributed by atoms with Crippen molar-refractivity contribution in [3.63, 3.8) is 0 Å². The van der Waals surface area contributed by atoms with E-state index in [1.165, 1.54) is 12.1 Å². The molecule has 0 spiro atoms. The predicted octanol–water partition coefficient (Wildman–Crippen LogP) is 3.46. The van der Waals surface area contributed by atoms with Crippen LogP contribution in [0.25, 0.3) is 0 Å². The van der Waals surface area contributed by atoms with Crippen LogP contribution in [0.1, 0.15) is 13.3 Å². The van der Waals surface area contributed by atoms with Gasteiger partial charge < -0.3 is 4.74 Å². The first-order valence-corrected chi connectivity index (χ1v) is 9.10. The van der Waals surface area contributed by atoms with Gasteiger partial charge in [0.2, 0.25) is 10.0 Å². The van der Waals surface area contributed by atoms with Gasteiger partial charge in [-0.2, -0.15) is 0 Å². The maximum Gasteiger partial charge on any atom is 0.243 e. The van der Waals surface area contributed by atoms with Crippen molar-refractivity contribution >= 4 is 49.2 Å². The van der Waals surface area contributed by atoms with Crippen LogP contribution < -0.4 is 4.72 Å². The molecule has 20 heavy (non-hydrogen) atoms. The number of nitrogens with one attached hydrogen (secondary N) is 1. The van der Waals surface area contributed by atoms with Gasteiger partial charge in [-0.3, -0.25) is 0 Å². The lowest BCUT2D eigenvalue weighted by atomic mass is 10.0. The van der Waals surface area contributed by atoms with Crippen LogP contribution in [0.2, 0.25) is 10.0 Å². The summed E-state index contributed by atoms with van der Waals surface area (Å²) in [6, 6.07) is 3.01. The van der Waals surface area contributed by atoms with Crippen LogP contribution in [0.5, 0.6) is 0 Å². The van der Waals surface area contributed by atoms with Crippen LogP contribution in [-0.4, -0.2) is 27.7 Å². The Balaban J connectivity index is 2.18. The van der Waals surface area contributed by atoms with Gasteiger partial charge in [-0.05, 0) is 25.5 Å². The molecule has 2 atom stereocenters. The van der Waals surface area contributed by atoms with Gasteiger partial charge in [0.05, 0.1) is 16.1 Å². The van der Waals surface area contributed by atoms with Gasteiger partial charge in [0.1, 0.15) is 4.90 Å². The summed E-state index contributed by atoms with van der Waals surface area (Å²) in [7, 11) is -3.74. The molecule has 1 saturated heterocycles. The molecule has 0 aromatic heterocycles. The number of hydrogen-bond acceptors (Lipinski definition) is 3. The minimum absolute atomic E-state index is 0.0496. The Hall–Kier alpha value is 0.150. The van der Waals surface area contributed by atoms with Crippen LogP contribution in [-0.2, 0) is 14.8 Å². The molecule has 1 fully saturated rings. The first-order chi connectivity index (χ1) is 9.31. The molecule has 4 nitrogen and oxygen atoms in total. The van der Waals surface area contributed by atoms with E-state index in [1.807, 2.05) is 6.92 Å². The second-order valence-corrected chi connectivity index (χ2v) is 8.11. The quantitative estimate of drug-likeness (QED) is 0.838. The lowest BCUT2D eigenvalue weighted by Crippen LogP contribution is -2.32. The number of rotatable bonds is 4. The van der Waals surface area contributed by atoms with Crippen LogP contribution >= 0.6 is 39.1 Å². The van der Waals surface area contributed by atoms with Crippen molar-refractivity contribution in [3.05, 3.63) is 26.7 Å². The molecule has 1 aliphatic rings. The van der Waals surface area contributed by atoms with Crippen LogP contribution in [0, 0.1) is 5.92 Å². The van der Waals surface area contributed by atoms with Gasteiger partial charge in [-0.15, -0.1) is 0 Å². The Kier molecular flexibility index (Phi) is 5.37. The Bertz CT molecular complexity index is 586. The number of halogens is 3. The molecule has 0 amide bonds. The van der Waals surface area contributed by atoms with E-state index in [-0.39, 0.29) is 27.0 Å². The number of benzene rings is 1. The maximum atomic E-state index is 12.3. The van der Waals surface area contributed by atoms with E-state index in [9.17, 15) is 8.42 Å². The highest BCUT2D eigenvalue weighted by atomic mass is 79.9. The summed E-state index contributed by atoms with van der Waals surface area (Å²) in [5, 5.41) is 0.181. The highest BCUT2D eigenvalue weighted by Crippen LogP contribution is 2.33. The SMILES string of the molecule is CC1OCCC1CNS(=O)(=O)c1c(Cl)cc(Br)cc1Cl. The van der Waals surface area contributed by atoms with E-state index < -0.39 is 10.0 Å². The number of ether oxygens (including phenoxy) is 1. The summed E-state index contributed by atoms with van der Waals surface area (Å²) < 4.78 is 33.2. The Morgan fingerprint density at radius 1 is 1.40 bits per heavy atom. The molecule has 0 bridgehead atoms. The molecule has 2 unspecified atom stereocenters. The van der Waals surface area contributed by atoms with Gasteiger partial charge in [0.25, 0.3) is 0 Å². The molecular weight excluding hydrogens is 389 g/mol. The molecule has 8 heteroatoms. The number of sulfonamides is 1. The fourth-order valence-corrected chi connectivity index (χ4v) is 5.15. The zero-order valence-electron chi connectivity index (χ0n) is 10.7. The van der Waals surface area contributed by atoms with Crippen molar-refractivity contribution in [1.29, 1.82) is 0 Å². The van der Waals surface area contributed by atoms with Crippen molar-refractivity contribution in [2.45, 2.75) is 24.3 Å². The summed E-state index contributed by atoms with van der Waals surface area (Å²) in [6.07, 6.45) is 0.888. The van der Waals surface area contributed by atoms with E-state index in [1.54, 1.807) is 0 Å². The van der Waals surface area contributed by atoms with Gasteiger partial charge in [-0.25, -0.2) is 13.1 Å². The largest absolute Gasteiger partial charge is 0.378 e. The van der Waals surface area contributed by atoms with E-state index >= 15 is 0 Å². The standard InChI is InChI=1S/C12H14BrCl2NO3S/c1-7-8(2-3-19-7)6-16-20(17,18)12-10(14)4-9(13)5-11(12)15/h4-5,7-8,16H,2-3,6H2,1H3. The highest BCUT2D eigenvalue weighted by molar-refractivity contribution is 9.10. The van der Waals surface area contributed by atoms with Crippen molar-refractivity contribution < 1.29 is 13.2 Å². The topological polar surface area (TPSA) is 55.4 Å². The molecule has 1 aromatic rings. The smallest absolute Gasteiger partial charge is 0.243 e. The lowest BCUT2D eigenvalue weighted by Gasteiger charge is -2.16. The summed E-state index contributed by atoms with van der Waals surface area (Å²) in [5.41, 5.74) is 0. The van der Waals surface area contributed by atoms with Gasteiger partial charge in [0, 0.05) is 23.5 Å². The van der Waals surface area contributed by atoms with Crippen molar-refractivity contribution in [2.75, 3.05) is 13.2 Å². The van der Waals surface area contributed by atoms with Crippen LogP contribution in [0.4, 0.5) is 0 Å². The van der Waals surface area contributed by atoms with E-state index in [0.717, 1.165) is 6.42 Å². The zero-order chi connectivity index (χ0) is 14.9. The average Bonchev–Trinajstić information content (AvgIpc) is 2.70. The third-order valence-corrected chi connectivity index (χ3v) is 6.10. The minimum atomic E-state index is -3.74. The van der Waals surface area contributed by atoms with Crippen molar-refractivity contribution in [3.8, 4) is 0 Å². The molecule has 1 N–H and O–H groups in total. The second-order valence-electron chi connectivity index (χ2n) is 4.68. The molecule has 1 aliphatic heterocycles. The third-order valence-electron chi connectivity index (χ3n) is 3.30. The minimum Gasteiger partial charge on any atom is -0.378 e. The predicted molar refractivity (Wildman–Crippen MR) is 82.9 cm³/mol. The third kappa shape index (κ3) is 3.67.